The van der Waals surface area contributed by atoms with Gasteiger partial charge in [0.05, 0.1) is 18.3 Å². The Morgan fingerprint density at radius 3 is 2.56 bits per heavy atom. The predicted octanol–water partition coefficient (Wildman–Crippen LogP) is 4.30. The second-order valence-corrected chi connectivity index (χ2v) is 7.85. The molecule has 34 heavy (non-hydrogen) atoms. The van der Waals surface area contributed by atoms with Gasteiger partial charge in [-0.25, -0.2) is 9.67 Å². The van der Waals surface area contributed by atoms with Gasteiger partial charge in [-0.15, -0.1) is 0 Å². The maximum Gasteiger partial charge on any atom is 0.271 e. The summed E-state index contributed by atoms with van der Waals surface area (Å²) in [6, 6.07) is 27.3. The number of nitrogens with one attached hydrogen (secondary N) is 1. The fraction of sp³-hybridized carbons (Fsp3) is 0.154. The van der Waals surface area contributed by atoms with Gasteiger partial charge in [0.1, 0.15) is 30.7 Å². The summed E-state index contributed by atoms with van der Waals surface area (Å²) in [7, 11) is 0. The van der Waals surface area contributed by atoms with Crippen molar-refractivity contribution >= 4 is 23.0 Å². The quantitative estimate of drug-likeness (QED) is 0.431. The number of carbonyl (C=O) groups excluding carboxylic acids is 1. The van der Waals surface area contributed by atoms with Crippen molar-refractivity contribution in [2.24, 2.45) is 5.10 Å². The second-order valence-electron chi connectivity index (χ2n) is 7.85. The van der Waals surface area contributed by atoms with Gasteiger partial charge in [0, 0.05) is 18.2 Å². The molecule has 8 nitrogen and oxygen atoms in total. The second kappa shape index (κ2) is 9.99. The lowest BCUT2D eigenvalue weighted by molar-refractivity contribution is -0.110. The summed E-state index contributed by atoms with van der Waals surface area (Å²) in [4.78, 5) is 17.0. The molecule has 1 amide bonds. The van der Waals surface area contributed by atoms with E-state index in [0.717, 1.165) is 11.3 Å². The maximum absolute atomic E-state index is 13.1. The first-order chi connectivity index (χ1) is 16.8. The monoisotopic (exact) mass is 452 g/mol. The molecule has 0 saturated heterocycles. The number of hydrogen-bond donors (Lipinski definition) is 1. The molecule has 1 aliphatic heterocycles. The molecular weight excluding hydrogens is 428 g/mol. The molecule has 0 saturated carbocycles. The van der Waals surface area contributed by atoms with Crippen LogP contribution >= 0.6 is 0 Å². The van der Waals surface area contributed by atoms with Crippen LogP contribution in [0, 0.1) is 0 Å². The van der Waals surface area contributed by atoms with E-state index >= 15 is 0 Å². The summed E-state index contributed by atoms with van der Waals surface area (Å²) in [5.41, 5.74) is 3.19. The van der Waals surface area contributed by atoms with Gasteiger partial charge in [-0.2, -0.15) is 10.2 Å². The molecule has 0 spiro atoms. The molecule has 2 heterocycles. The van der Waals surface area contributed by atoms with Gasteiger partial charge in [-0.3, -0.25) is 9.80 Å². The highest BCUT2D eigenvalue weighted by molar-refractivity contribution is 6.43. The van der Waals surface area contributed by atoms with E-state index < -0.39 is 0 Å². The number of hydrazone groups is 1. The molecule has 0 aliphatic carbocycles. The van der Waals surface area contributed by atoms with Crippen molar-refractivity contribution in [2.75, 3.05) is 16.9 Å². The molecule has 1 aromatic heterocycles. The fourth-order valence-corrected chi connectivity index (χ4v) is 3.87. The van der Waals surface area contributed by atoms with E-state index in [1.54, 1.807) is 17.1 Å². The summed E-state index contributed by atoms with van der Waals surface area (Å²) in [6.07, 6.45) is 3.64. The number of benzene rings is 3. The summed E-state index contributed by atoms with van der Waals surface area (Å²) >= 11 is 0. The molecule has 5 rings (SSSR count). The van der Waals surface area contributed by atoms with E-state index in [2.05, 4.69) is 27.5 Å². The lowest BCUT2D eigenvalue weighted by Gasteiger charge is -2.23. The summed E-state index contributed by atoms with van der Waals surface area (Å²) in [5, 5.41) is 13.7. The Morgan fingerprint density at radius 1 is 1.00 bits per heavy atom. The third-order valence-electron chi connectivity index (χ3n) is 5.53. The number of rotatable bonds is 8. The molecule has 0 radical (unpaired) electrons. The summed E-state index contributed by atoms with van der Waals surface area (Å²) in [6.45, 7) is 1.03. The number of ether oxygens (including phenoxy) is 1. The third kappa shape index (κ3) is 4.96. The Morgan fingerprint density at radius 2 is 1.79 bits per heavy atom. The minimum absolute atomic E-state index is 0.0456. The number of amides is 1. The first kappa shape index (κ1) is 21.4. The number of aromatic nitrogens is 3. The van der Waals surface area contributed by atoms with Crippen molar-refractivity contribution < 1.29 is 9.53 Å². The van der Waals surface area contributed by atoms with Crippen LogP contribution < -0.4 is 15.1 Å². The molecule has 8 heteroatoms. The fourth-order valence-electron chi connectivity index (χ4n) is 3.87. The van der Waals surface area contributed by atoms with E-state index in [9.17, 15) is 4.79 Å². The smallest absolute Gasteiger partial charge is 0.271 e. The van der Waals surface area contributed by atoms with Gasteiger partial charge in [0.15, 0.2) is 0 Å². The number of nitrogens with zero attached hydrogens (tertiary/aromatic N) is 5. The number of para-hydroxylation sites is 1. The highest BCUT2D eigenvalue weighted by Crippen LogP contribution is 2.35. The molecule has 1 aliphatic rings. The van der Waals surface area contributed by atoms with Crippen LogP contribution in [0.25, 0.3) is 0 Å². The molecule has 1 atom stereocenters. The standard InChI is InChI=1S/C26H24N6O2/c33-26(29-21-10-7-13-23(16-21)34-15-14-31-19-27-18-28-31)24-17-25(20-8-3-1-4-9-20)32(30-24)22-11-5-2-6-12-22/h1-13,16,18-19,25H,14-15,17H2,(H,29,33). The maximum atomic E-state index is 13.1. The van der Waals surface area contributed by atoms with Crippen LogP contribution in [-0.4, -0.2) is 33.0 Å². The van der Waals surface area contributed by atoms with Crippen LogP contribution in [0.3, 0.4) is 0 Å². The van der Waals surface area contributed by atoms with E-state index in [1.165, 1.54) is 6.33 Å². The zero-order valence-electron chi connectivity index (χ0n) is 18.5. The Hall–Kier alpha value is -4.46. The van der Waals surface area contributed by atoms with Crippen molar-refractivity contribution in [2.45, 2.75) is 19.0 Å². The molecule has 0 bridgehead atoms. The SMILES string of the molecule is O=C(Nc1cccc(OCCn2cncn2)c1)C1=NN(c2ccccc2)C(c2ccccc2)C1. The van der Waals surface area contributed by atoms with Gasteiger partial charge >= 0.3 is 0 Å². The van der Waals surface area contributed by atoms with E-state index in [4.69, 9.17) is 9.84 Å². The van der Waals surface area contributed by atoms with E-state index in [1.807, 2.05) is 71.7 Å². The van der Waals surface area contributed by atoms with Crippen molar-refractivity contribution in [1.82, 2.24) is 14.8 Å². The van der Waals surface area contributed by atoms with Gasteiger partial charge < -0.3 is 10.1 Å². The Kier molecular flexibility index (Phi) is 6.29. The molecule has 170 valence electrons. The Balaban J connectivity index is 1.28. The van der Waals surface area contributed by atoms with Gasteiger partial charge in [-0.05, 0) is 29.8 Å². The third-order valence-corrected chi connectivity index (χ3v) is 5.53. The Labute approximate surface area is 197 Å². The van der Waals surface area contributed by atoms with Crippen LogP contribution in [0.15, 0.2) is 103 Å². The van der Waals surface area contributed by atoms with Crippen molar-refractivity contribution in [1.29, 1.82) is 0 Å². The van der Waals surface area contributed by atoms with Gasteiger partial charge in [0.2, 0.25) is 0 Å². The molecule has 1 N–H and O–H groups in total. The molecule has 3 aromatic carbocycles. The first-order valence-electron chi connectivity index (χ1n) is 11.1. The topological polar surface area (TPSA) is 84.6 Å². The largest absolute Gasteiger partial charge is 0.492 e. The minimum Gasteiger partial charge on any atom is -0.492 e. The predicted molar refractivity (Wildman–Crippen MR) is 131 cm³/mol. The van der Waals surface area contributed by atoms with Crippen LogP contribution in [-0.2, 0) is 11.3 Å². The lowest BCUT2D eigenvalue weighted by atomic mass is 10.0. The van der Waals surface area contributed by atoms with Crippen LogP contribution in [0.2, 0.25) is 0 Å². The normalized spacial score (nSPS) is 15.1. The molecular formula is C26H24N6O2. The van der Waals surface area contributed by atoms with E-state index in [-0.39, 0.29) is 11.9 Å². The van der Waals surface area contributed by atoms with Crippen molar-refractivity contribution in [3.05, 3.63) is 103 Å². The zero-order chi connectivity index (χ0) is 23.2. The Bertz CT molecular complexity index is 1260. The highest BCUT2D eigenvalue weighted by Gasteiger charge is 2.32. The molecule has 4 aromatic rings. The van der Waals surface area contributed by atoms with Crippen molar-refractivity contribution in [3.63, 3.8) is 0 Å². The van der Waals surface area contributed by atoms with Crippen LogP contribution in [0.4, 0.5) is 11.4 Å². The highest BCUT2D eigenvalue weighted by atomic mass is 16.5. The summed E-state index contributed by atoms with van der Waals surface area (Å²) < 4.78 is 7.50. The summed E-state index contributed by atoms with van der Waals surface area (Å²) in [5.74, 6) is 0.443. The molecule has 1 unspecified atom stereocenters. The average Bonchev–Trinajstić information content (AvgIpc) is 3.56. The minimum atomic E-state index is -0.223. The number of carbonyl (C=O) groups is 1. The van der Waals surface area contributed by atoms with Crippen LogP contribution in [0.5, 0.6) is 5.75 Å². The van der Waals surface area contributed by atoms with Gasteiger partial charge in [-0.1, -0.05) is 54.6 Å². The first-order valence-corrected chi connectivity index (χ1v) is 11.1. The number of hydrogen-bond acceptors (Lipinski definition) is 6. The zero-order valence-corrected chi connectivity index (χ0v) is 18.5. The van der Waals surface area contributed by atoms with Crippen LogP contribution in [0.1, 0.15) is 18.0 Å². The average molecular weight is 453 g/mol. The van der Waals surface area contributed by atoms with E-state index in [0.29, 0.717) is 36.7 Å². The van der Waals surface area contributed by atoms with Crippen molar-refractivity contribution in [3.8, 4) is 5.75 Å². The number of anilines is 2. The van der Waals surface area contributed by atoms with Gasteiger partial charge in [0.25, 0.3) is 5.91 Å². The lowest BCUT2D eigenvalue weighted by Crippen LogP contribution is -2.22. The molecule has 0 fully saturated rings.